The van der Waals surface area contributed by atoms with Crippen LogP contribution in [0.1, 0.15) is 56.8 Å². The van der Waals surface area contributed by atoms with Gasteiger partial charge in [-0.05, 0) is 54.7 Å². The van der Waals surface area contributed by atoms with Crippen LogP contribution in [-0.2, 0) is 21.2 Å². The number of fused-ring (bicyclic) bond motifs is 1. The molecule has 1 amide bonds. The van der Waals surface area contributed by atoms with E-state index in [4.69, 9.17) is 4.74 Å². The fourth-order valence-electron chi connectivity index (χ4n) is 4.46. The number of hydrogen-bond acceptors (Lipinski definition) is 5. The van der Waals surface area contributed by atoms with Crippen LogP contribution in [0, 0.1) is 18.8 Å². The number of aryl methyl sites for hydroxylation is 1. The second kappa shape index (κ2) is 16.2. The molecule has 0 bridgehead atoms. The lowest BCUT2D eigenvalue weighted by atomic mass is 9.96. The maximum atomic E-state index is 12.7. The minimum atomic E-state index is -3.63. The molecule has 3 aromatic carbocycles. The number of sulfonamides is 1. The van der Waals surface area contributed by atoms with E-state index in [0.29, 0.717) is 18.6 Å². The van der Waals surface area contributed by atoms with Crippen molar-refractivity contribution in [3.8, 4) is 5.75 Å². The highest BCUT2D eigenvalue weighted by Crippen LogP contribution is 2.31. The molecule has 40 heavy (non-hydrogen) atoms. The normalized spacial score (nSPS) is 17.2. The fraction of sp³-hybridized carbons (Fsp3) is 0.406. The van der Waals surface area contributed by atoms with Gasteiger partial charge in [-0.25, -0.2) is 13.1 Å². The molecule has 3 N–H and O–H groups in total. The van der Waals surface area contributed by atoms with Gasteiger partial charge < -0.3 is 15.2 Å². The van der Waals surface area contributed by atoms with E-state index in [-0.39, 0.29) is 29.2 Å². The second-order valence-corrected chi connectivity index (χ2v) is 11.6. The van der Waals surface area contributed by atoms with E-state index >= 15 is 0 Å². The summed E-state index contributed by atoms with van der Waals surface area (Å²) in [5.41, 5.74) is 3.33. The first-order chi connectivity index (χ1) is 19.1. The summed E-state index contributed by atoms with van der Waals surface area (Å²) in [7, 11) is -2.11. The highest BCUT2D eigenvalue weighted by Gasteiger charge is 2.33. The topological polar surface area (TPSA) is 105 Å². The van der Waals surface area contributed by atoms with E-state index in [9.17, 15) is 18.3 Å². The van der Waals surface area contributed by atoms with Crippen molar-refractivity contribution in [3.63, 3.8) is 0 Å². The quantitative estimate of drug-likeness (QED) is 0.319. The number of rotatable bonds is 9. The zero-order chi connectivity index (χ0) is 29.7. The van der Waals surface area contributed by atoms with E-state index in [1.807, 2.05) is 70.2 Å². The molecule has 7 nitrogen and oxygen atoms in total. The number of amides is 1. The first kappa shape index (κ1) is 33.0. The summed E-state index contributed by atoms with van der Waals surface area (Å²) in [5.74, 6) is 0.0720. The molecule has 4 unspecified atom stereocenters. The van der Waals surface area contributed by atoms with Gasteiger partial charge >= 0.3 is 0 Å². The Hall–Kier alpha value is -3.20. The molecule has 0 spiro atoms. The molecular weight excluding hydrogens is 524 g/mol. The van der Waals surface area contributed by atoms with Crippen molar-refractivity contribution in [3.05, 3.63) is 95.6 Å². The van der Waals surface area contributed by atoms with Crippen LogP contribution in [0.4, 0.5) is 0 Å². The maximum absolute atomic E-state index is 12.7. The van der Waals surface area contributed by atoms with Crippen molar-refractivity contribution in [1.82, 2.24) is 10.0 Å². The average Bonchev–Trinajstić information content (AvgIpc) is 3.28. The summed E-state index contributed by atoms with van der Waals surface area (Å²) < 4.78 is 32.6. The molecule has 218 valence electrons. The maximum Gasteiger partial charge on any atom is 0.240 e. The van der Waals surface area contributed by atoms with Crippen molar-refractivity contribution in [1.29, 1.82) is 0 Å². The van der Waals surface area contributed by atoms with Crippen molar-refractivity contribution in [2.75, 3.05) is 13.7 Å². The number of ether oxygens (including phenoxy) is 1. The van der Waals surface area contributed by atoms with Crippen LogP contribution in [0.25, 0.3) is 0 Å². The van der Waals surface area contributed by atoms with Gasteiger partial charge in [0.15, 0.2) is 0 Å². The Morgan fingerprint density at radius 1 is 0.975 bits per heavy atom. The first-order valence-electron chi connectivity index (χ1n) is 13.8. The van der Waals surface area contributed by atoms with Crippen LogP contribution in [0.15, 0.2) is 83.8 Å². The van der Waals surface area contributed by atoms with Gasteiger partial charge in [0.2, 0.25) is 15.9 Å². The van der Waals surface area contributed by atoms with Gasteiger partial charge in [-0.3, -0.25) is 4.79 Å². The van der Waals surface area contributed by atoms with Gasteiger partial charge in [0.25, 0.3) is 0 Å². The van der Waals surface area contributed by atoms with Crippen molar-refractivity contribution < 1.29 is 23.1 Å². The number of carbonyl (C=O) groups is 1. The molecule has 0 fully saturated rings. The van der Waals surface area contributed by atoms with E-state index < -0.39 is 22.2 Å². The third kappa shape index (κ3) is 9.77. The Morgan fingerprint density at radius 2 is 1.57 bits per heavy atom. The molecule has 0 aliphatic heterocycles. The first-order valence-corrected chi connectivity index (χ1v) is 15.3. The number of benzene rings is 3. The monoisotopic (exact) mass is 568 g/mol. The molecule has 1 aliphatic rings. The largest absolute Gasteiger partial charge is 0.497 e. The predicted molar refractivity (Wildman–Crippen MR) is 161 cm³/mol. The summed E-state index contributed by atoms with van der Waals surface area (Å²) in [5, 5.41) is 13.3. The number of hydrogen-bond donors (Lipinski definition) is 3. The third-order valence-corrected chi connectivity index (χ3v) is 8.08. The zero-order valence-electron chi connectivity index (χ0n) is 24.4. The Labute approximate surface area is 240 Å². The molecular formula is C32H44N2O5S. The minimum absolute atomic E-state index is 0.0467. The predicted octanol–water partition coefficient (Wildman–Crippen LogP) is 5.43. The van der Waals surface area contributed by atoms with Crippen LogP contribution < -0.4 is 14.8 Å². The van der Waals surface area contributed by atoms with Crippen LogP contribution in [-0.4, -0.2) is 39.2 Å². The van der Waals surface area contributed by atoms with Crippen molar-refractivity contribution >= 4 is 15.9 Å². The average molecular weight is 569 g/mol. The second-order valence-electron chi connectivity index (χ2n) is 9.88. The highest BCUT2D eigenvalue weighted by atomic mass is 32.2. The molecule has 4 atom stereocenters. The Balaban J connectivity index is 0.000000534. The zero-order valence-corrected chi connectivity index (χ0v) is 25.2. The number of aliphatic hydroxyl groups is 1. The Bertz CT molecular complexity index is 1280. The summed E-state index contributed by atoms with van der Waals surface area (Å²) in [6.45, 7) is 10.0. The molecule has 3 aromatic rings. The molecule has 1 aliphatic carbocycles. The van der Waals surface area contributed by atoms with Crippen LogP contribution in [0.2, 0.25) is 0 Å². The lowest BCUT2D eigenvalue weighted by Gasteiger charge is -2.22. The number of aliphatic hydroxyl groups excluding tert-OH is 1. The lowest BCUT2D eigenvalue weighted by molar-refractivity contribution is -0.126. The van der Waals surface area contributed by atoms with Crippen molar-refractivity contribution in [2.45, 2.75) is 64.5 Å². The van der Waals surface area contributed by atoms with Crippen LogP contribution in [0.5, 0.6) is 5.75 Å². The molecule has 0 saturated heterocycles. The SMILES string of the molecule is CC.COc1ccc(S(=O)(=O)NCC(C)CC(C)C(=O)NC2c3ccccc3CC2O)cc1.Cc1ccccc1. The molecule has 0 aromatic heterocycles. The van der Waals surface area contributed by atoms with Crippen molar-refractivity contribution in [2.24, 2.45) is 11.8 Å². The van der Waals surface area contributed by atoms with E-state index in [1.165, 1.54) is 24.8 Å². The van der Waals surface area contributed by atoms with Gasteiger partial charge in [0, 0.05) is 18.9 Å². The lowest BCUT2D eigenvalue weighted by Crippen LogP contribution is -2.38. The van der Waals surface area contributed by atoms with E-state index in [2.05, 4.69) is 29.1 Å². The fourth-order valence-corrected chi connectivity index (χ4v) is 5.63. The summed E-state index contributed by atoms with van der Waals surface area (Å²) >= 11 is 0. The number of methoxy groups -OCH3 is 1. The Kier molecular flexibility index (Phi) is 13.3. The van der Waals surface area contributed by atoms with Crippen LogP contribution >= 0.6 is 0 Å². The minimum Gasteiger partial charge on any atom is -0.497 e. The number of nitrogens with one attached hydrogen (secondary N) is 2. The van der Waals surface area contributed by atoms with E-state index in [1.54, 1.807) is 12.1 Å². The third-order valence-electron chi connectivity index (χ3n) is 6.64. The summed E-state index contributed by atoms with van der Waals surface area (Å²) in [6, 6.07) is 23.7. The smallest absolute Gasteiger partial charge is 0.240 e. The van der Waals surface area contributed by atoms with Gasteiger partial charge in [0.05, 0.1) is 24.2 Å². The standard InChI is InChI=1S/C23H30N2O5S.C7H8.C2H6/c1-15(14-24-31(28,29)19-10-8-18(30-3)9-11-19)12-16(2)23(27)25-22-20-7-5-4-6-17(20)13-21(22)26;1-7-5-3-2-4-6-7;1-2/h4-11,15-16,21-22,24,26H,12-14H2,1-3H3,(H,25,27);2-6H,1H3;1-2H3. The molecule has 4 rings (SSSR count). The summed E-state index contributed by atoms with van der Waals surface area (Å²) in [4.78, 5) is 12.9. The van der Waals surface area contributed by atoms with Gasteiger partial charge in [-0.15, -0.1) is 0 Å². The van der Waals surface area contributed by atoms with Gasteiger partial charge in [0.1, 0.15) is 5.75 Å². The number of carbonyl (C=O) groups excluding carboxylic acids is 1. The van der Waals surface area contributed by atoms with Gasteiger partial charge in [-0.1, -0.05) is 87.9 Å². The molecule has 8 heteroatoms. The van der Waals surface area contributed by atoms with Crippen LogP contribution in [0.3, 0.4) is 0 Å². The highest BCUT2D eigenvalue weighted by molar-refractivity contribution is 7.89. The summed E-state index contributed by atoms with van der Waals surface area (Å²) in [6.07, 6.45) is 0.405. The van der Waals surface area contributed by atoms with Gasteiger partial charge in [-0.2, -0.15) is 0 Å². The molecule has 0 heterocycles. The van der Waals surface area contributed by atoms with E-state index in [0.717, 1.165) is 11.1 Å². The molecule has 0 saturated carbocycles. The Morgan fingerprint density at radius 3 is 2.15 bits per heavy atom. The molecule has 0 radical (unpaired) electrons.